The monoisotopic (exact) mass is 384 g/mol. The van der Waals surface area contributed by atoms with E-state index in [1.165, 1.54) is 13.8 Å². The van der Waals surface area contributed by atoms with Crippen molar-refractivity contribution in [1.29, 1.82) is 0 Å². The van der Waals surface area contributed by atoms with Crippen molar-refractivity contribution in [2.24, 2.45) is 0 Å². The van der Waals surface area contributed by atoms with Crippen LogP contribution in [0.4, 0.5) is 10.5 Å². The van der Waals surface area contributed by atoms with Gasteiger partial charge in [0.25, 0.3) is 0 Å². The normalized spacial score (nSPS) is 10.9. The maximum Gasteiger partial charge on any atom is 0.407 e. The number of halogens is 1. The molecule has 6 nitrogen and oxygen atoms in total. The van der Waals surface area contributed by atoms with Gasteiger partial charge >= 0.3 is 6.09 Å². The first-order valence-corrected chi connectivity index (χ1v) is 7.87. The van der Waals surface area contributed by atoms with Gasteiger partial charge in [-0.1, -0.05) is 15.9 Å². The quantitative estimate of drug-likeness (QED) is 0.776. The molecule has 0 fully saturated rings. The second-order valence-corrected chi connectivity index (χ2v) is 6.90. The van der Waals surface area contributed by atoms with Crippen LogP contribution in [0.2, 0.25) is 0 Å². The molecule has 23 heavy (non-hydrogen) atoms. The topological polar surface area (TPSA) is 84.5 Å². The van der Waals surface area contributed by atoms with Gasteiger partial charge in [-0.25, -0.2) is 4.79 Å². The van der Waals surface area contributed by atoms with E-state index >= 15 is 0 Å². The number of ether oxygens (including phenoxy) is 1. The Morgan fingerprint density at radius 2 is 1.78 bits per heavy atom. The third-order valence-electron chi connectivity index (χ3n) is 2.73. The zero-order chi connectivity index (χ0) is 17.8. The molecule has 0 spiro atoms. The summed E-state index contributed by atoms with van der Waals surface area (Å²) in [5, 5.41) is 5.24. The maximum atomic E-state index is 12.0. The van der Waals surface area contributed by atoms with Crippen LogP contribution in [0.15, 0.2) is 16.6 Å². The van der Waals surface area contributed by atoms with Gasteiger partial charge in [-0.15, -0.1) is 0 Å². The van der Waals surface area contributed by atoms with Crippen LogP contribution in [0, 0.1) is 0 Å². The van der Waals surface area contributed by atoms with Crippen molar-refractivity contribution in [1.82, 2.24) is 5.32 Å². The van der Waals surface area contributed by atoms with E-state index in [1.807, 2.05) is 0 Å². The molecule has 0 aliphatic carbocycles. The minimum Gasteiger partial charge on any atom is -0.444 e. The Morgan fingerprint density at radius 3 is 2.26 bits per heavy atom. The number of carbonyl (C=O) groups excluding carboxylic acids is 3. The largest absolute Gasteiger partial charge is 0.444 e. The van der Waals surface area contributed by atoms with E-state index < -0.39 is 11.7 Å². The van der Waals surface area contributed by atoms with Crippen molar-refractivity contribution in [3.63, 3.8) is 0 Å². The van der Waals surface area contributed by atoms with E-state index in [4.69, 9.17) is 4.74 Å². The van der Waals surface area contributed by atoms with Crippen molar-refractivity contribution in [3.05, 3.63) is 27.7 Å². The molecule has 0 aromatic heterocycles. The van der Waals surface area contributed by atoms with Gasteiger partial charge in [-0.3, -0.25) is 9.59 Å². The highest BCUT2D eigenvalue weighted by Gasteiger charge is 2.20. The van der Waals surface area contributed by atoms with E-state index in [1.54, 1.807) is 32.9 Å². The fourth-order valence-corrected chi connectivity index (χ4v) is 2.44. The van der Waals surface area contributed by atoms with Gasteiger partial charge in [0.05, 0.1) is 5.69 Å². The van der Waals surface area contributed by atoms with Gasteiger partial charge < -0.3 is 15.4 Å². The summed E-state index contributed by atoms with van der Waals surface area (Å²) in [5.41, 5.74) is 0.734. The number of anilines is 1. The second-order valence-electron chi connectivity index (χ2n) is 6.04. The molecule has 0 aliphatic rings. The third-order valence-corrected chi connectivity index (χ3v) is 3.47. The summed E-state index contributed by atoms with van der Waals surface area (Å²) in [5.74, 6) is -0.489. The molecule has 126 valence electrons. The summed E-state index contributed by atoms with van der Waals surface area (Å²) in [7, 11) is 0. The average molecular weight is 385 g/mol. The Balaban J connectivity index is 3.07. The molecule has 0 saturated carbocycles. The van der Waals surface area contributed by atoms with Crippen molar-refractivity contribution in [2.75, 3.05) is 5.32 Å². The fraction of sp³-hybridized carbons (Fsp3) is 0.438. The second kappa shape index (κ2) is 7.59. The predicted molar refractivity (Wildman–Crippen MR) is 91.5 cm³/mol. The number of alkyl carbamates (subject to hydrolysis) is 1. The van der Waals surface area contributed by atoms with Crippen LogP contribution in [0.5, 0.6) is 0 Å². The van der Waals surface area contributed by atoms with Crippen LogP contribution in [0.1, 0.15) is 50.5 Å². The highest BCUT2D eigenvalue weighted by atomic mass is 79.9. The molecule has 0 aliphatic heterocycles. The summed E-state index contributed by atoms with van der Waals surface area (Å²) < 4.78 is 5.83. The van der Waals surface area contributed by atoms with Crippen molar-refractivity contribution < 1.29 is 19.1 Å². The molecule has 0 bridgehead atoms. The molecule has 7 heteroatoms. The third kappa shape index (κ3) is 6.02. The van der Waals surface area contributed by atoms with Crippen molar-refractivity contribution >= 4 is 39.4 Å². The highest BCUT2D eigenvalue weighted by Crippen LogP contribution is 2.28. The molecule has 2 N–H and O–H groups in total. The van der Waals surface area contributed by atoms with E-state index in [2.05, 4.69) is 26.6 Å². The molecule has 0 saturated heterocycles. The molecule has 1 aromatic carbocycles. The number of benzene rings is 1. The number of ketones is 1. The lowest BCUT2D eigenvalue weighted by Gasteiger charge is -2.20. The zero-order valence-electron chi connectivity index (χ0n) is 13.9. The SMILES string of the molecule is CC(=O)Nc1ccc(Br)c(CNC(=O)OC(C)(C)C)c1C(C)=O. The Bertz CT molecular complexity index is 636. The van der Waals surface area contributed by atoms with Crippen LogP contribution in [0.25, 0.3) is 0 Å². The zero-order valence-corrected chi connectivity index (χ0v) is 15.5. The van der Waals surface area contributed by atoms with Crippen LogP contribution in [-0.2, 0) is 16.1 Å². The number of carbonyl (C=O) groups is 3. The molecule has 0 atom stereocenters. The van der Waals surface area contributed by atoms with E-state index in [0.29, 0.717) is 21.3 Å². The van der Waals surface area contributed by atoms with Gasteiger partial charge in [0.2, 0.25) is 5.91 Å². The Labute approximate surface area is 144 Å². The number of hydrogen-bond donors (Lipinski definition) is 2. The lowest BCUT2D eigenvalue weighted by Crippen LogP contribution is -2.32. The highest BCUT2D eigenvalue weighted by molar-refractivity contribution is 9.10. The lowest BCUT2D eigenvalue weighted by atomic mass is 10.0. The van der Waals surface area contributed by atoms with Gasteiger partial charge in [0.15, 0.2) is 5.78 Å². The van der Waals surface area contributed by atoms with Crippen LogP contribution in [0.3, 0.4) is 0 Å². The lowest BCUT2D eigenvalue weighted by molar-refractivity contribution is -0.114. The smallest absolute Gasteiger partial charge is 0.407 e. The molecular weight excluding hydrogens is 364 g/mol. The Kier molecular flexibility index (Phi) is 6.32. The fourth-order valence-electron chi connectivity index (χ4n) is 1.97. The number of Topliss-reactive ketones (excluding diaryl/α,β-unsaturated/α-hetero) is 1. The Hall–Kier alpha value is -1.89. The first-order valence-electron chi connectivity index (χ1n) is 7.08. The first-order chi connectivity index (χ1) is 10.5. The van der Waals surface area contributed by atoms with E-state index in [0.717, 1.165) is 0 Å². The van der Waals surface area contributed by atoms with E-state index in [9.17, 15) is 14.4 Å². The minimum absolute atomic E-state index is 0.0951. The summed E-state index contributed by atoms with van der Waals surface area (Å²) in [6.45, 7) is 8.16. The van der Waals surface area contributed by atoms with Gasteiger partial charge in [-0.05, 0) is 45.4 Å². The number of hydrogen-bond acceptors (Lipinski definition) is 4. The van der Waals surface area contributed by atoms with E-state index in [-0.39, 0.29) is 18.2 Å². The molecule has 2 amide bonds. The van der Waals surface area contributed by atoms with Gasteiger partial charge in [-0.2, -0.15) is 0 Å². The Morgan fingerprint density at radius 1 is 1.17 bits per heavy atom. The maximum absolute atomic E-state index is 12.0. The summed E-state index contributed by atoms with van der Waals surface area (Å²) >= 11 is 3.37. The van der Waals surface area contributed by atoms with Gasteiger partial charge in [0.1, 0.15) is 5.60 Å². The number of nitrogens with one attached hydrogen (secondary N) is 2. The van der Waals surface area contributed by atoms with Crippen molar-refractivity contribution in [2.45, 2.75) is 46.8 Å². The molecule has 0 unspecified atom stereocenters. The molecule has 1 rings (SSSR count). The van der Waals surface area contributed by atoms with Crippen LogP contribution < -0.4 is 10.6 Å². The summed E-state index contributed by atoms with van der Waals surface area (Å²) in [4.78, 5) is 35.0. The molecule has 0 radical (unpaired) electrons. The number of amides is 2. The molecular formula is C16H21BrN2O4. The summed E-state index contributed by atoms with van der Waals surface area (Å²) in [6.07, 6.45) is -0.580. The molecule has 1 aromatic rings. The molecule has 0 heterocycles. The average Bonchev–Trinajstić information content (AvgIpc) is 2.35. The van der Waals surface area contributed by atoms with Crippen molar-refractivity contribution in [3.8, 4) is 0 Å². The minimum atomic E-state index is -0.608. The van der Waals surface area contributed by atoms with Crippen LogP contribution in [-0.4, -0.2) is 23.4 Å². The number of rotatable bonds is 4. The predicted octanol–water partition coefficient (Wildman–Crippen LogP) is 3.63. The standard InChI is InChI=1S/C16H21BrN2O4/c1-9(20)14-11(8-18-15(22)23-16(3,4)5)12(17)6-7-13(14)19-10(2)21/h6-7H,8H2,1-5H3,(H,18,22)(H,19,21). The van der Waals surface area contributed by atoms with Crippen LogP contribution >= 0.6 is 15.9 Å². The summed E-state index contributed by atoms with van der Waals surface area (Å²) in [6, 6.07) is 3.35. The first kappa shape index (κ1) is 19.2. The van der Waals surface area contributed by atoms with Gasteiger partial charge in [0, 0.05) is 23.5 Å².